The quantitative estimate of drug-likeness (QED) is 0.746. The number of carbonyl (C=O) groups excluding carboxylic acids is 1. The van der Waals surface area contributed by atoms with Crippen molar-refractivity contribution in [1.29, 1.82) is 0 Å². The first-order valence-corrected chi connectivity index (χ1v) is 11.2. The Balaban J connectivity index is 1.62. The number of carbonyl (C=O) groups is 1. The minimum absolute atomic E-state index is 0.124. The fraction of sp³-hybridized carbons (Fsp3) is 0.368. The van der Waals surface area contributed by atoms with E-state index in [0.29, 0.717) is 18.1 Å². The van der Waals surface area contributed by atoms with Crippen LogP contribution in [0.5, 0.6) is 0 Å². The number of nitrogens with one attached hydrogen (secondary N) is 1. The maximum Gasteiger partial charge on any atom is 0.244 e. The number of aryl methyl sites for hydroxylation is 1. The average molecular weight is 406 g/mol. The van der Waals surface area contributed by atoms with Crippen molar-refractivity contribution in [2.75, 3.05) is 18.4 Å². The molecule has 1 N–H and O–H groups in total. The Bertz CT molecular complexity index is 908. The van der Waals surface area contributed by atoms with Gasteiger partial charge < -0.3 is 5.32 Å². The molecule has 2 aromatic rings. The molecule has 1 aliphatic heterocycles. The molecule has 1 amide bonds. The lowest BCUT2D eigenvalue weighted by atomic mass is 10.2. The molecule has 1 saturated heterocycles. The fourth-order valence-corrected chi connectivity index (χ4v) is 5.12. The average Bonchev–Trinajstić information content (AvgIpc) is 3.17. The molecule has 2 heterocycles. The van der Waals surface area contributed by atoms with Gasteiger partial charge in [-0.25, -0.2) is 13.4 Å². The van der Waals surface area contributed by atoms with Gasteiger partial charge >= 0.3 is 0 Å². The van der Waals surface area contributed by atoms with E-state index in [1.807, 2.05) is 31.2 Å². The first kappa shape index (κ1) is 19.9. The Morgan fingerprint density at radius 3 is 2.59 bits per heavy atom. The minimum Gasteiger partial charge on any atom is -0.325 e. The van der Waals surface area contributed by atoms with E-state index < -0.39 is 10.0 Å². The Morgan fingerprint density at radius 2 is 1.96 bits per heavy atom. The second-order valence-electron chi connectivity index (χ2n) is 6.56. The highest BCUT2D eigenvalue weighted by atomic mass is 32.2. The van der Waals surface area contributed by atoms with Crippen molar-refractivity contribution in [2.24, 2.45) is 0 Å². The first-order chi connectivity index (χ1) is 12.9. The molecular weight excluding hydrogens is 382 g/mol. The zero-order valence-electron chi connectivity index (χ0n) is 15.4. The van der Waals surface area contributed by atoms with Gasteiger partial charge in [0.15, 0.2) is 0 Å². The summed E-state index contributed by atoms with van der Waals surface area (Å²) in [4.78, 5) is 16.8. The number of amides is 1. The third-order valence-corrected chi connectivity index (χ3v) is 7.30. The number of pyridine rings is 1. The van der Waals surface area contributed by atoms with Gasteiger partial charge in [0.1, 0.15) is 4.90 Å². The lowest BCUT2D eigenvalue weighted by molar-refractivity contribution is -0.115. The molecule has 0 saturated carbocycles. The predicted octanol–water partition coefficient (Wildman–Crippen LogP) is 3.29. The van der Waals surface area contributed by atoms with Gasteiger partial charge in [0.2, 0.25) is 15.9 Å². The molecule has 0 bridgehead atoms. The summed E-state index contributed by atoms with van der Waals surface area (Å²) in [6.45, 7) is 4.89. The molecule has 1 atom stereocenters. The molecule has 1 aromatic carbocycles. The SMILES string of the molecule is Cc1cccc(NC(=O)[C@@H](C)Sc2ccc(S(=O)(=O)N3CCCC3)cn2)c1. The monoisotopic (exact) mass is 405 g/mol. The summed E-state index contributed by atoms with van der Waals surface area (Å²) in [6, 6.07) is 10.8. The lowest BCUT2D eigenvalue weighted by Crippen LogP contribution is -2.28. The summed E-state index contributed by atoms with van der Waals surface area (Å²) in [7, 11) is -3.46. The second kappa shape index (κ2) is 8.41. The van der Waals surface area contributed by atoms with Gasteiger partial charge in [0.25, 0.3) is 0 Å². The summed E-state index contributed by atoms with van der Waals surface area (Å²) in [5.41, 5.74) is 1.83. The number of thioether (sulfide) groups is 1. The van der Waals surface area contributed by atoms with Crippen LogP contribution in [0.4, 0.5) is 5.69 Å². The number of aromatic nitrogens is 1. The molecule has 27 heavy (non-hydrogen) atoms. The van der Waals surface area contributed by atoms with Crippen molar-refractivity contribution in [3.05, 3.63) is 48.2 Å². The van der Waals surface area contributed by atoms with Crippen LogP contribution < -0.4 is 5.32 Å². The number of anilines is 1. The van der Waals surface area contributed by atoms with Crippen LogP contribution in [0.1, 0.15) is 25.3 Å². The normalized spacial score (nSPS) is 16.2. The van der Waals surface area contributed by atoms with Crippen LogP contribution in [0.15, 0.2) is 52.5 Å². The van der Waals surface area contributed by atoms with E-state index in [0.717, 1.165) is 24.1 Å². The lowest BCUT2D eigenvalue weighted by Gasteiger charge is -2.15. The van der Waals surface area contributed by atoms with Crippen LogP contribution in [0.2, 0.25) is 0 Å². The summed E-state index contributed by atoms with van der Waals surface area (Å²) in [5, 5.41) is 3.14. The van der Waals surface area contributed by atoms with Gasteiger partial charge in [-0.2, -0.15) is 4.31 Å². The van der Waals surface area contributed by atoms with E-state index in [9.17, 15) is 13.2 Å². The second-order valence-corrected chi connectivity index (χ2v) is 9.86. The van der Waals surface area contributed by atoms with Gasteiger partial charge in [0, 0.05) is 25.0 Å². The maximum atomic E-state index is 12.5. The summed E-state index contributed by atoms with van der Waals surface area (Å²) >= 11 is 1.30. The van der Waals surface area contributed by atoms with E-state index in [2.05, 4.69) is 10.3 Å². The summed E-state index contributed by atoms with van der Waals surface area (Å²) < 4.78 is 26.5. The highest BCUT2D eigenvalue weighted by Crippen LogP contribution is 2.25. The summed E-state index contributed by atoms with van der Waals surface area (Å²) in [5.74, 6) is -0.124. The van der Waals surface area contributed by atoms with Crippen LogP contribution >= 0.6 is 11.8 Å². The van der Waals surface area contributed by atoms with Crippen molar-refractivity contribution in [3.8, 4) is 0 Å². The Hall–Kier alpha value is -1.90. The standard InChI is InChI=1S/C19H23N3O3S2/c1-14-6-5-7-16(12-14)21-19(23)15(2)26-18-9-8-17(13-20-18)27(24,25)22-10-3-4-11-22/h5-9,12-13,15H,3-4,10-11H2,1-2H3,(H,21,23)/t15-/m1/s1. The number of sulfonamides is 1. The van der Waals surface area contributed by atoms with E-state index in [-0.39, 0.29) is 16.1 Å². The largest absolute Gasteiger partial charge is 0.325 e. The number of benzene rings is 1. The molecule has 8 heteroatoms. The topological polar surface area (TPSA) is 79.4 Å². The molecule has 0 radical (unpaired) electrons. The van der Waals surface area contributed by atoms with Crippen LogP contribution in [-0.4, -0.2) is 42.0 Å². The molecule has 1 aromatic heterocycles. The van der Waals surface area contributed by atoms with Gasteiger partial charge in [-0.15, -0.1) is 0 Å². The smallest absolute Gasteiger partial charge is 0.244 e. The molecule has 3 rings (SSSR count). The number of rotatable bonds is 6. The molecule has 144 valence electrons. The van der Waals surface area contributed by atoms with Crippen molar-refractivity contribution in [1.82, 2.24) is 9.29 Å². The molecule has 6 nitrogen and oxygen atoms in total. The van der Waals surface area contributed by atoms with E-state index in [1.54, 1.807) is 19.1 Å². The Kier molecular flexibility index (Phi) is 6.18. The third-order valence-electron chi connectivity index (χ3n) is 4.36. The van der Waals surface area contributed by atoms with Crippen LogP contribution in [0.3, 0.4) is 0 Å². The van der Waals surface area contributed by atoms with Crippen molar-refractivity contribution in [3.63, 3.8) is 0 Å². The molecule has 1 fully saturated rings. The Labute approximate surface area is 164 Å². The summed E-state index contributed by atoms with van der Waals surface area (Å²) in [6.07, 6.45) is 3.17. The predicted molar refractivity (Wildman–Crippen MR) is 107 cm³/mol. The van der Waals surface area contributed by atoms with Gasteiger partial charge in [-0.3, -0.25) is 4.79 Å². The molecule has 0 spiro atoms. The van der Waals surface area contributed by atoms with Crippen molar-refractivity contribution >= 4 is 33.4 Å². The zero-order chi connectivity index (χ0) is 19.4. The zero-order valence-corrected chi connectivity index (χ0v) is 17.0. The van der Waals surface area contributed by atoms with E-state index in [1.165, 1.54) is 22.3 Å². The third kappa shape index (κ3) is 4.88. The van der Waals surface area contributed by atoms with E-state index >= 15 is 0 Å². The first-order valence-electron chi connectivity index (χ1n) is 8.86. The van der Waals surface area contributed by atoms with Gasteiger partial charge in [-0.1, -0.05) is 23.9 Å². The minimum atomic E-state index is -3.46. The molecular formula is C19H23N3O3S2. The van der Waals surface area contributed by atoms with Crippen molar-refractivity contribution < 1.29 is 13.2 Å². The number of nitrogens with zero attached hydrogens (tertiary/aromatic N) is 2. The Morgan fingerprint density at radius 1 is 1.22 bits per heavy atom. The van der Waals surface area contributed by atoms with Gasteiger partial charge in [-0.05, 0) is 56.5 Å². The molecule has 1 aliphatic rings. The highest BCUT2D eigenvalue weighted by Gasteiger charge is 2.27. The maximum absolute atomic E-state index is 12.5. The van der Waals surface area contributed by atoms with Gasteiger partial charge in [0.05, 0.1) is 10.3 Å². The van der Waals surface area contributed by atoms with Crippen LogP contribution in [0, 0.1) is 6.92 Å². The van der Waals surface area contributed by atoms with Crippen molar-refractivity contribution in [2.45, 2.75) is 41.9 Å². The number of hydrogen-bond donors (Lipinski definition) is 1. The highest BCUT2D eigenvalue weighted by molar-refractivity contribution is 8.00. The molecule has 0 unspecified atom stereocenters. The van der Waals surface area contributed by atoms with E-state index in [4.69, 9.17) is 0 Å². The fourth-order valence-electron chi connectivity index (χ4n) is 2.87. The van der Waals surface area contributed by atoms with Crippen LogP contribution in [0.25, 0.3) is 0 Å². The van der Waals surface area contributed by atoms with Crippen LogP contribution in [-0.2, 0) is 14.8 Å². The number of hydrogen-bond acceptors (Lipinski definition) is 5. The molecule has 0 aliphatic carbocycles.